The van der Waals surface area contributed by atoms with E-state index >= 15 is 0 Å². The second-order valence-electron chi connectivity index (χ2n) is 4.86. The molecule has 3 N–H and O–H groups in total. The maximum atomic E-state index is 9.03. The number of ether oxygens (including phenoxy) is 1. The molecule has 104 valence electrons. The summed E-state index contributed by atoms with van der Waals surface area (Å²) in [5.41, 5.74) is 7.71. The molecule has 1 aliphatic rings. The third-order valence-corrected chi connectivity index (χ3v) is 3.85. The van der Waals surface area contributed by atoms with E-state index in [0.717, 1.165) is 42.9 Å². The molecule has 0 aliphatic carbocycles. The van der Waals surface area contributed by atoms with Crippen LogP contribution in [-0.4, -0.2) is 36.9 Å². The molecular weight excluding hydrogens is 260 g/mol. The lowest BCUT2D eigenvalue weighted by atomic mass is 10.1. The van der Waals surface area contributed by atoms with E-state index in [0.29, 0.717) is 10.9 Å². The predicted molar refractivity (Wildman–Crippen MR) is 80.9 cm³/mol. The highest BCUT2D eigenvalue weighted by atomic mass is 32.1. The highest BCUT2D eigenvalue weighted by Crippen LogP contribution is 2.31. The molecule has 0 amide bonds. The first-order chi connectivity index (χ1) is 9.15. The number of rotatable bonds is 5. The van der Waals surface area contributed by atoms with Crippen molar-refractivity contribution in [2.24, 2.45) is 11.7 Å². The van der Waals surface area contributed by atoms with Crippen LogP contribution in [0, 0.1) is 5.92 Å². The van der Waals surface area contributed by atoms with Gasteiger partial charge in [-0.3, -0.25) is 0 Å². The number of nitrogens with zero attached hydrogens (tertiary/aromatic N) is 1. The van der Waals surface area contributed by atoms with E-state index in [9.17, 15) is 0 Å². The fourth-order valence-corrected chi connectivity index (χ4v) is 2.75. The van der Waals surface area contributed by atoms with Crippen LogP contribution < -0.4 is 15.4 Å². The molecule has 0 bridgehead atoms. The quantitative estimate of drug-likeness (QED) is 0.801. The lowest BCUT2D eigenvalue weighted by Crippen LogP contribution is -2.24. The Labute approximate surface area is 119 Å². The van der Waals surface area contributed by atoms with Gasteiger partial charge in [-0.15, -0.1) is 0 Å². The van der Waals surface area contributed by atoms with Gasteiger partial charge >= 0.3 is 0 Å². The van der Waals surface area contributed by atoms with Crippen molar-refractivity contribution in [1.29, 1.82) is 0 Å². The van der Waals surface area contributed by atoms with Gasteiger partial charge in [0, 0.05) is 31.3 Å². The Kier molecular flexibility index (Phi) is 4.61. The summed E-state index contributed by atoms with van der Waals surface area (Å²) in [4.78, 5) is 2.68. The smallest absolute Gasteiger partial charge is 0.120 e. The minimum Gasteiger partial charge on any atom is -0.497 e. The van der Waals surface area contributed by atoms with Crippen LogP contribution in [0.2, 0.25) is 0 Å². The first-order valence-electron chi connectivity index (χ1n) is 6.49. The molecule has 5 heteroatoms. The predicted octanol–water partition coefficient (Wildman–Crippen LogP) is 1.54. The van der Waals surface area contributed by atoms with Gasteiger partial charge in [-0.2, -0.15) is 0 Å². The molecule has 1 aromatic rings. The Morgan fingerprint density at radius 3 is 3.00 bits per heavy atom. The highest BCUT2D eigenvalue weighted by Gasteiger charge is 2.24. The normalized spacial score (nSPS) is 18.6. The third kappa shape index (κ3) is 3.16. The van der Waals surface area contributed by atoms with Crippen LogP contribution in [0.5, 0.6) is 5.75 Å². The van der Waals surface area contributed by atoms with Gasteiger partial charge in [-0.05, 0) is 30.9 Å². The Morgan fingerprint density at radius 1 is 1.58 bits per heavy atom. The number of hydrogen-bond acceptors (Lipinski definition) is 4. The lowest BCUT2D eigenvalue weighted by Gasteiger charge is -2.22. The molecule has 1 fully saturated rings. The Balaban J connectivity index is 2.25. The van der Waals surface area contributed by atoms with E-state index in [2.05, 4.69) is 4.90 Å². The standard InChI is InChI=1S/C14H20N2O2S/c1-18-11-2-3-12(14(15)19)13(8-11)16-6-4-10(9-16)5-7-17/h2-3,8,10,17H,4-7,9H2,1H3,(H2,15,19). The minimum atomic E-state index is 0.249. The third-order valence-electron chi connectivity index (χ3n) is 3.63. The van der Waals surface area contributed by atoms with E-state index in [1.165, 1.54) is 0 Å². The summed E-state index contributed by atoms with van der Waals surface area (Å²) in [7, 11) is 1.65. The van der Waals surface area contributed by atoms with E-state index in [-0.39, 0.29) is 6.61 Å². The molecule has 1 atom stereocenters. The minimum absolute atomic E-state index is 0.249. The van der Waals surface area contributed by atoms with Crippen molar-refractivity contribution in [3.05, 3.63) is 23.8 Å². The van der Waals surface area contributed by atoms with Crippen molar-refractivity contribution in [3.63, 3.8) is 0 Å². The molecule has 0 radical (unpaired) electrons. The zero-order valence-electron chi connectivity index (χ0n) is 11.1. The molecule has 2 rings (SSSR count). The highest BCUT2D eigenvalue weighted by molar-refractivity contribution is 7.80. The topological polar surface area (TPSA) is 58.7 Å². The number of hydrogen-bond donors (Lipinski definition) is 2. The maximum Gasteiger partial charge on any atom is 0.120 e. The zero-order chi connectivity index (χ0) is 13.8. The average Bonchev–Trinajstić information content (AvgIpc) is 2.87. The molecule has 0 spiro atoms. The van der Waals surface area contributed by atoms with E-state index in [1.54, 1.807) is 7.11 Å². The fraction of sp³-hybridized carbons (Fsp3) is 0.500. The number of anilines is 1. The van der Waals surface area contributed by atoms with Gasteiger partial charge in [0.15, 0.2) is 0 Å². The first-order valence-corrected chi connectivity index (χ1v) is 6.90. The first kappa shape index (κ1) is 14.1. The van der Waals surface area contributed by atoms with Crippen molar-refractivity contribution in [1.82, 2.24) is 0 Å². The van der Waals surface area contributed by atoms with E-state index in [1.807, 2.05) is 18.2 Å². The summed E-state index contributed by atoms with van der Waals surface area (Å²) in [6.45, 7) is 2.15. The molecule has 1 saturated heterocycles. The molecule has 0 saturated carbocycles. The van der Waals surface area contributed by atoms with Crippen LogP contribution in [0.15, 0.2) is 18.2 Å². The van der Waals surface area contributed by atoms with Crippen molar-refractivity contribution < 1.29 is 9.84 Å². The number of thiocarbonyl (C=S) groups is 1. The van der Waals surface area contributed by atoms with Crippen LogP contribution in [0.4, 0.5) is 5.69 Å². The molecule has 1 heterocycles. The lowest BCUT2D eigenvalue weighted by molar-refractivity contribution is 0.263. The molecule has 4 nitrogen and oxygen atoms in total. The Morgan fingerprint density at radius 2 is 2.37 bits per heavy atom. The van der Waals surface area contributed by atoms with E-state index < -0.39 is 0 Å². The van der Waals surface area contributed by atoms with Crippen LogP contribution >= 0.6 is 12.2 Å². The average molecular weight is 280 g/mol. The van der Waals surface area contributed by atoms with Gasteiger partial charge < -0.3 is 20.5 Å². The summed E-state index contributed by atoms with van der Waals surface area (Å²) in [6, 6.07) is 5.77. The van der Waals surface area contributed by atoms with Crippen molar-refractivity contribution >= 4 is 22.9 Å². The van der Waals surface area contributed by atoms with Crippen molar-refractivity contribution in [2.75, 3.05) is 31.7 Å². The van der Waals surface area contributed by atoms with E-state index in [4.69, 9.17) is 27.8 Å². The summed E-state index contributed by atoms with van der Waals surface area (Å²) in [5.74, 6) is 1.34. The number of aliphatic hydroxyl groups is 1. The largest absolute Gasteiger partial charge is 0.497 e. The van der Waals surface area contributed by atoms with Gasteiger partial charge in [0.1, 0.15) is 10.7 Å². The van der Waals surface area contributed by atoms with Crippen LogP contribution in [-0.2, 0) is 0 Å². The van der Waals surface area contributed by atoms with Gasteiger partial charge in [0.25, 0.3) is 0 Å². The monoisotopic (exact) mass is 280 g/mol. The van der Waals surface area contributed by atoms with Crippen molar-refractivity contribution in [2.45, 2.75) is 12.8 Å². The van der Waals surface area contributed by atoms with Crippen molar-refractivity contribution in [3.8, 4) is 5.75 Å². The molecular formula is C14H20N2O2S. The SMILES string of the molecule is COc1ccc(C(N)=S)c(N2CCC(CCO)C2)c1. The maximum absolute atomic E-state index is 9.03. The number of aliphatic hydroxyl groups excluding tert-OH is 1. The summed E-state index contributed by atoms with van der Waals surface area (Å²) >= 11 is 5.12. The Hall–Kier alpha value is -1.33. The number of benzene rings is 1. The molecule has 1 aromatic carbocycles. The summed E-state index contributed by atoms with van der Waals surface area (Å²) in [5, 5.41) is 9.03. The van der Waals surface area contributed by atoms with Crippen LogP contribution in [0.1, 0.15) is 18.4 Å². The zero-order valence-corrected chi connectivity index (χ0v) is 11.9. The molecule has 19 heavy (non-hydrogen) atoms. The van der Waals surface area contributed by atoms with Crippen LogP contribution in [0.3, 0.4) is 0 Å². The second kappa shape index (κ2) is 6.21. The molecule has 1 unspecified atom stereocenters. The fourth-order valence-electron chi connectivity index (χ4n) is 2.58. The second-order valence-corrected chi connectivity index (χ2v) is 5.30. The number of methoxy groups -OCH3 is 1. The van der Waals surface area contributed by atoms with Gasteiger partial charge in [-0.25, -0.2) is 0 Å². The molecule has 0 aromatic heterocycles. The van der Waals surface area contributed by atoms with Crippen LogP contribution in [0.25, 0.3) is 0 Å². The Bertz CT molecular complexity index is 465. The number of nitrogens with two attached hydrogens (primary N) is 1. The van der Waals surface area contributed by atoms with Gasteiger partial charge in [-0.1, -0.05) is 12.2 Å². The molecule has 1 aliphatic heterocycles. The summed E-state index contributed by atoms with van der Waals surface area (Å²) in [6.07, 6.45) is 1.94. The van der Waals surface area contributed by atoms with Gasteiger partial charge in [0.05, 0.1) is 12.8 Å². The van der Waals surface area contributed by atoms with Gasteiger partial charge in [0.2, 0.25) is 0 Å². The summed E-state index contributed by atoms with van der Waals surface area (Å²) < 4.78 is 5.27.